The summed E-state index contributed by atoms with van der Waals surface area (Å²) in [5, 5.41) is 4.49. The number of hydrogen-bond acceptors (Lipinski definition) is 4. The molecule has 1 aliphatic rings. The maximum Gasteiger partial charge on any atom is 0.333 e. The van der Waals surface area contributed by atoms with Crippen molar-refractivity contribution < 1.29 is 9.53 Å². The quantitative estimate of drug-likeness (QED) is 0.381. The Bertz CT molecular complexity index is 593. The van der Waals surface area contributed by atoms with Gasteiger partial charge in [-0.3, -0.25) is 10.3 Å². The first-order chi connectivity index (χ1) is 12.5. The van der Waals surface area contributed by atoms with Crippen molar-refractivity contribution in [3.8, 4) is 5.75 Å². The first-order valence-corrected chi connectivity index (χ1v) is 9.47. The number of likely N-dealkylation sites (tertiary alicyclic amines) is 1. The van der Waals surface area contributed by atoms with E-state index in [1.54, 1.807) is 0 Å². The summed E-state index contributed by atoms with van der Waals surface area (Å²) < 4.78 is 5.83. The maximum absolute atomic E-state index is 10.9. The highest BCUT2D eigenvalue weighted by Gasteiger charge is 2.10. The first kappa shape index (κ1) is 20.3. The van der Waals surface area contributed by atoms with Crippen molar-refractivity contribution in [1.82, 2.24) is 20.7 Å². The molecule has 0 spiro atoms. The number of rotatable bonds is 7. The third-order valence-corrected chi connectivity index (χ3v) is 4.46. The number of carbonyl (C=O) groups excluding carboxylic acids is 1. The van der Waals surface area contributed by atoms with Crippen LogP contribution in [0.5, 0.6) is 5.75 Å². The van der Waals surface area contributed by atoms with Crippen LogP contribution in [0.2, 0.25) is 0 Å². The molecule has 0 radical (unpaired) electrons. The van der Waals surface area contributed by atoms with E-state index >= 15 is 0 Å². The van der Waals surface area contributed by atoms with Gasteiger partial charge in [0.1, 0.15) is 5.75 Å². The fourth-order valence-corrected chi connectivity index (χ4v) is 3.06. The van der Waals surface area contributed by atoms with E-state index in [0.29, 0.717) is 18.3 Å². The van der Waals surface area contributed by atoms with Crippen molar-refractivity contribution in [3.05, 3.63) is 29.8 Å². The number of thiocarbonyl (C=S) groups is 1. The minimum Gasteiger partial charge on any atom is -0.494 e. The van der Waals surface area contributed by atoms with E-state index < -0.39 is 6.03 Å². The summed E-state index contributed by atoms with van der Waals surface area (Å²) in [5.41, 5.74) is 9.07. The Balaban J connectivity index is 1.64. The summed E-state index contributed by atoms with van der Waals surface area (Å²) in [6.45, 7) is 4.61. The Hall–Kier alpha value is -2.06. The molecule has 2 rings (SSSR count). The molecule has 0 unspecified atom stereocenters. The van der Waals surface area contributed by atoms with Crippen LogP contribution in [0, 0.1) is 0 Å². The van der Waals surface area contributed by atoms with Crippen molar-refractivity contribution in [3.63, 3.8) is 0 Å². The van der Waals surface area contributed by atoms with E-state index in [1.165, 1.54) is 45.0 Å². The highest BCUT2D eigenvalue weighted by molar-refractivity contribution is 7.80. The molecule has 2 amide bonds. The smallest absolute Gasteiger partial charge is 0.333 e. The van der Waals surface area contributed by atoms with Gasteiger partial charge < -0.3 is 15.8 Å². The average Bonchev–Trinajstić information content (AvgIpc) is 2.62. The Labute approximate surface area is 160 Å². The molecule has 8 heteroatoms. The average molecular weight is 380 g/mol. The summed E-state index contributed by atoms with van der Waals surface area (Å²) in [6.07, 6.45) is 4.74. The summed E-state index contributed by atoms with van der Waals surface area (Å²) in [4.78, 5) is 13.4. The second kappa shape index (κ2) is 10.8. The molecule has 0 bridgehead atoms. The molecule has 1 fully saturated rings. The zero-order valence-corrected chi connectivity index (χ0v) is 16.2. The SMILES string of the molecule is CN(NC(=S)NCCCOc1cccc(CN2CCCCC2)c1)C(N)=O. The van der Waals surface area contributed by atoms with Gasteiger partial charge in [0.15, 0.2) is 5.11 Å². The van der Waals surface area contributed by atoms with Crippen molar-refractivity contribution in [1.29, 1.82) is 0 Å². The molecule has 4 N–H and O–H groups in total. The summed E-state index contributed by atoms with van der Waals surface area (Å²) >= 11 is 5.07. The molecular formula is C18H29N5O2S. The summed E-state index contributed by atoms with van der Waals surface area (Å²) in [5.74, 6) is 0.897. The number of carbonyl (C=O) groups is 1. The Morgan fingerprint density at radius 3 is 2.85 bits per heavy atom. The van der Waals surface area contributed by atoms with Gasteiger partial charge in [-0.05, 0) is 62.3 Å². The number of nitrogens with one attached hydrogen (secondary N) is 2. The number of nitrogens with two attached hydrogens (primary N) is 1. The van der Waals surface area contributed by atoms with Crippen LogP contribution in [0.15, 0.2) is 24.3 Å². The topological polar surface area (TPSA) is 82.9 Å². The molecule has 1 saturated heterocycles. The molecule has 1 heterocycles. The van der Waals surface area contributed by atoms with Gasteiger partial charge in [0, 0.05) is 20.1 Å². The molecule has 0 aromatic heterocycles. The second-order valence-corrected chi connectivity index (χ2v) is 6.86. The van der Waals surface area contributed by atoms with Crippen molar-refractivity contribution >= 4 is 23.4 Å². The lowest BCUT2D eigenvalue weighted by Gasteiger charge is -2.26. The minimum atomic E-state index is -0.595. The van der Waals surface area contributed by atoms with Gasteiger partial charge in [-0.25, -0.2) is 9.80 Å². The highest BCUT2D eigenvalue weighted by Crippen LogP contribution is 2.17. The van der Waals surface area contributed by atoms with E-state index in [-0.39, 0.29) is 0 Å². The van der Waals surface area contributed by atoms with Gasteiger partial charge in [-0.15, -0.1) is 0 Å². The lowest BCUT2D eigenvalue weighted by molar-refractivity contribution is 0.210. The Morgan fingerprint density at radius 1 is 1.35 bits per heavy atom. The van der Waals surface area contributed by atoms with Crippen molar-refractivity contribution in [2.75, 3.05) is 33.3 Å². The minimum absolute atomic E-state index is 0.356. The van der Waals surface area contributed by atoms with Crippen LogP contribution in [-0.2, 0) is 6.54 Å². The van der Waals surface area contributed by atoms with Crippen molar-refractivity contribution in [2.45, 2.75) is 32.2 Å². The van der Waals surface area contributed by atoms with E-state index in [0.717, 1.165) is 23.7 Å². The number of urea groups is 1. The molecule has 0 atom stereocenters. The van der Waals surface area contributed by atoms with Crippen LogP contribution in [0.25, 0.3) is 0 Å². The summed E-state index contributed by atoms with van der Waals surface area (Å²) in [7, 11) is 1.51. The van der Waals surface area contributed by atoms with E-state index in [4.69, 9.17) is 22.7 Å². The molecule has 0 saturated carbocycles. The zero-order valence-electron chi connectivity index (χ0n) is 15.4. The van der Waals surface area contributed by atoms with Crippen LogP contribution in [0.1, 0.15) is 31.2 Å². The fraction of sp³-hybridized carbons (Fsp3) is 0.556. The maximum atomic E-state index is 10.9. The Morgan fingerprint density at radius 2 is 2.12 bits per heavy atom. The number of primary amides is 1. The van der Waals surface area contributed by atoms with E-state index in [2.05, 4.69) is 27.8 Å². The molecule has 1 aromatic carbocycles. The number of hydrogen-bond donors (Lipinski definition) is 3. The molecule has 1 aliphatic heterocycles. The molecule has 7 nitrogen and oxygen atoms in total. The number of hydrazine groups is 1. The van der Waals surface area contributed by atoms with E-state index in [9.17, 15) is 4.79 Å². The lowest BCUT2D eigenvalue weighted by atomic mass is 10.1. The molecular weight excluding hydrogens is 350 g/mol. The molecule has 26 heavy (non-hydrogen) atoms. The van der Waals surface area contributed by atoms with Gasteiger partial charge in [0.25, 0.3) is 0 Å². The van der Waals surface area contributed by atoms with Crippen LogP contribution >= 0.6 is 12.2 Å². The molecule has 0 aliphatic carbocycles. The molecule has 1 aromatic rings. The second-order valence-electron chi connectivity index (χ2n) is 6.45. The van der Waals surface area contributed by atoms with E-state index in [1.807, 2.05) is 12.1 Å². The van der Waals surface area contributed by atoms with Crippen LogP contribution < -0.4 is 21.2 Å². The van der Waals surface area contributed by atoms with Crippen LogP contribution in [0.4, 0.5) is 4.79 Å². The van der Waals surface area contributed by atoms with Crippen LogP contribution in [0.3, 0.4) is 0 Å². The highest BCUT2D eigenvalue weighted by atomic mass is 32.1. The van der Waals surface area contributed by atoms with Gasteiger partial charge >= 0.3 is 6.03 Å². The van der Waals surface area contributed by atoms with Gasteiger partial charge in [-0.2, -0.15) is 0 Å². The fourth-order valence-electron chi connectivity index (χ4n) is 2.82. The molecule has 144 valence electrons. The van der Waals surface area contributed by atoms with Gasteiger partial charge in [0.05, 0.1) is 6.61 Å². The van der Waals surface area contributed by atoms with Gasteiger partial charge in [0.2, 0.25) is 0 Å². The standard InChI is InChI=1S/C18H29N5O2S/c1-22(17(19)24)21-18(26)20-9-6-12-25-16-8-5-7-15(13-16)14-23-10-3-2-4-11-23/h5,7-8,13H,2-4,6,9-12,14H2,1H3,(H2,19,24)(H2,20,21,26). The first-order valence-electron chi connectivity index (χ1n) is 9.06. The number of piperidine rings is 1. The largest absolute Gasteiger partial charge is 0.494 e. The number of benzene rings is 1. The Kier molecular flexibility index (Phi) is 8.43. The third kappa shape index (κ3) is 7.45. The number of nitrogens with zero attached hydrogens (tertiary/aromatic N) is 2. The van der Waals surface area contributed by atoms with Crippen LogP contribution in [-0.4, -0.2) is 54.3 Å². The summed E-state index contributed by atoms with van der Waals surface area (Å²) in [6, 6.07) is 7.72. The number of ether oxygens (including phenoxy) is 1. The normalized spacial score (nSPS) is 14.5. The van der Waals surface area contributed by atoms with Gasteiger partial charge in [-0.1, -0.05) is 18.6 Å². The van der Waals surface area contributed by atoms with Crippen molar-refractivity contribution in [2.24, 2.45) is 5.73 Å². The monoisotopic (exact) mass is 379 g/mol. The zero-order chi connectivity index (χ0) is 18.8. The lowest BCUT2D eigenvalue weighted by Crippen LogP contribution is -2.50. The number of amides is 2. The third-order valence-electron chi connectivity index (χ3n) is 4.23. The predicted molar refractivity (Wildman–Crippen MR) is 107 cm³/mol. The predicted octanol–water partition coefficient (Wildman–Crippen LogP) is 1.83.